The Bertz CT molecular complexity index is 401. The van der Waals surface area contributed by atoms with Crippen molar-refractivity contribution in [1.82, 2.24) is 0 Å². The van der Waals surface area contributed by atoms with Crippen LogP contribution in [0.1, 0.15) is 22.6 Å². The predicted octanol–water partition coefficient (Wildman–Crippen LogP) is 1.44. The third-order valence-corrected chi connectivity index (χ3v) is 2.80. The molecule has 1 unspecified atom stereocenters. The Labute approximate surface area is 95.0 Å². The minimum absolute atomic E-state index is 0.0843. The number of rotatable bonds is 4. The number of carbonyl (C=O) groups is 1. The summed E-state index contributed by atoms with van der Waals surface area (Å²) in [5.74, 6) is -0.879. The average Bonchev–Trinajstić information content (AvgIpc) is 2.23. The van der Waals surface area contributed by atoms with Gasteiger partial charge in [-0.3, -0.25) is 4.79 Å². The van der Waals surface area contributed by atoms with E-state index in [0.29, 0.717) is 11.3 Å². The average molecular weight is 223 g/mol. The van der Waals surface area contributed by atoms with Crippen molar-refractivity contribution >= 4 is 5.97 Å². The molecule has 1 aromatic rings. The van der Waals surface area contributed by atoms with Gasteiger partial charge in [-0.2, -0.15) is 0 Å². The number of aryl methyl sites for hydroxylation is 1. The molecular formula is C12H17NO3. The molecule has 0 aliphatic carbocycles. The number of nitrogens with two attached hydrogens (primary N) is 1. The zero-order valence-electron chi connectivity index (χ0n) is 9.78. The lowest BCUT2D eigenvalue weighted by Crippen LogP contribution is -2.21. The fraction of sp³-hybridized carbons (Fsp3) is 0.417. The van der Waals surface area contributed by atoms with E-state index >= 15 is 0 Å². The second kappa shape index (κ2) is 4.99. The Morgan fingerprint density at radius 1 is 1.50 bits per heavy atom. The van der Waals surface area contributed by atoms with E-state index in [4.69, 9.17) is 15.6 Å². The van der Waals surface area contributed by atoms with E-state index in [9.17, 15) is 4.79 Å². The van der Waals surface area contributed by atoms with Gasteiger partial charge in [0.1, 0.15) is 5.75 Å². The van der Waals surface area contributed by atoms with Crippen LogP contribution in [0.15, 0.2) is 12.1 Å². The molecular weight excluding hydrogens is 206 g/mol. The topological polar surface area (TPSA) is 72.5 Å². The minimum atomic E-state index is -0.909. The SMILES string of the molecule is COc1cc(C(CN)C(=O)O)cc(C)c1C. The summed E-state index contributed by atoms with van der Waals surface area (Å²) in [6, 6.07) is 3.59. The van der Waals surface area contributed by atoms with Crippen molar-refractivity contribution in [3.8, 4) is 5.75 Å². The van der Waals surface area contributed by atoms with Gasteiger partial charge in [0, 0.05) is 6.54 Å². The number of aliphatic carboxylic acids is 1. The minimum Gasteiger partial charge on any atom is -0.496 e. The summed E-state index contributed by atoms with van der Waals surface area (Å²) in [6.07, 6.45) is 0. The lowest BCUT2D eigenvalue weighted by atomic mass is 9.95. The number of hydrogen-bond acceptors (Lipinski definition) is 3. The van der Waals surface area contributed by atoms with Crippen LogP contribution in [0, 0.1) is 13.8 Å². The molecule has 16 heavy (non-hydrogen) atoms. The molecule has 1 aromatic carbocycles. The highest BCUT2D eigenvalue weighted by Gasteiger charge is 2.19. The van der Waals surface area contributed by atoms with Crippen molar-refractivity contribution in [1.29, 1.82) is 0 Å². The van der Waals surface area contributed by atoms with E-state index < -0.39 is 11.9 Å². The number of carboxylic acid groups (broad SMARTS) is 1. The molecule has 0 aromatic heterocycles. The van der Waals surface area contributed by atoms with E-state index in [1.165, 1.54) is 0 Å². The van der Waals surface area contributed by atoms with Crippen molar-refractivity contribution in [2.24, 2.45) is 5.73 Å². The first-order chi connectivity index (χ1) is 7.51. The summed E-state index contributed by atoms with van der Waals surface area (Å²) in [5.41, 5.74) is 8.18. The van der Waals surface area contributed by atoms with Gasteiger partial charge in [-0.1, -0.05) is 6.07 Å². The number of methoxy groups -OCH3 is 1. The molecule has 1 rings (SSSR count). The van der Waals surface area contributed by atoms with Gasteiger partial charge in [-0.05, 0) is 36.6 Å². The van der Waals surface area contributed by atoms with Crippen LogP contribution in [0.3, 0.4) is 0 Å². The van der Waals surface area contributed by atoms with Crippen LogP contribution in [0.25, 0.3) is 0 Å². The van der Waals surface area contributed by atoms with Crippen LogP contribution in [-0.4, -0.2) is 24.7 Å². The summed E-state index contributed by atoms with van der Waals surface area (Å²) < 4.78 is 5.21. The molecule has 0 heterocycles. The van der Waals surface area contributed by atoms with Gasteiger partial charge in [0.25, 0.3) is 0 Å². The number of carboxylic acids is 1. The molecule has 3 N–H and O–H groups in total. The summed E-state index contributed by atoms with van der Waals surface area (Å²) in [5, 5.41) is 9.03. The van der Waals surface area contributed by atoms with Gasteiger partial charge in [0.2, 0.25) is 0 Å². The Morgan fingerprint density at radius 3 is 2.56 bits per heavy atom. The van der Waals surface area contributed by atoms with Gasteiger partial charge in [-0.25, -0.2) is 0 Å². The molecule has 0 saturated carbocycles. The molecule has 0 amide bonds. The lowest BCUT2D eigenvalue weighted by Gasteiger charge is -2.15. The van der Waals surface area contributed by atoms with E-state index in [1.54, 1.807) is 13.2 Å². The zero-order valence-corrected chi connectivity index (χ0v) is 9.78. The van der Waals surface area contributed by atoms with Gasteiger partial charge in [0.05, 0.1) is 13.0 Å². The van der Waals surface area contributed by atoms with Crippen LogP contribution in [0.4, 0.5) is 0 Å². The third kappa shape index (κ3) is 2.33. The summed E-state index contributed by atoms with van der Waals surface area (Å²) in [7, 11) is 1.57. The maximum Gasteiger partial charge on any atom is 0.312 e. The first-order valence-electron chi connectivity index (χ1n) is 5.09. The predicted molar refractivity (Wildman–Crippen MR) is 61.9 cm³/mol. The first-order valence-corrected chi connectivity index (χ1v) is 5.09. The standard InChI is InChI=1S/C12H17NO3/c1-7-4-9(10(6-13)12(14)15)5-11(16-3)8(7)2/h4-5,10H,6,13H2,1-3H3,(H,14,15). The molecule has 0 fully saturated rings. The van der Waals surface area contributed by atoms with Crippen LogP contribution < -0.4 is 10.5 Å². The Balaban J connectivity index is 3.24. The molecule has 0 bridgehead atoms. The molecule has 0 radical (unpaired) electrons. The second-order valence-corrected chi connectivity index (χ2v) is 3.79. The van der Waals surface area contributed by atoms with Crippen molar-refractivity contribution in [3.05, 3.63) is 28.8 Å². The van der Waals surface area contributed by atoms with E-state index in [0.717, 1.165) is 11.1 Å². The molecule has 0 saturated heterocycles. The lowest BCUT2D eigenvalue weighted by molar-refractivity contribution is -0.138. The van der Waals surface area contributed by atoms with E-state index in [1.807, 2.05) is 19.9 Å². The Hall–Kier alpha value is -1.55. The quantitative estimate of drug-likeness (QED) is 0.810. The fourth-order valence-electron chi connectivity index (χ4n) is 1.65. The van der Waals surface area contributed by atoms with Gasteiger partial charge in [0.15, 0.2) is 0 Å². The molecule has 88 valence electrons. The van der Waals surface area contributed by atoms with Crippen LogP contribution in [0.2, 0.25) is 0 Å². The zero-order chi connectivity index (χ0) is 12.3. The van der Waals surface area contributed by atoms with Crippen molar-refractivity contribution < 1.29 is 14.6 Å². The van der Waals surface area contributed by atoms with Crippen molar-refractivity contribution in [2.45, 2.75) is 19.8 Å². The maximum absolute atomic E-state index is 11.0. The van der Waals surface area contributed by atoms with Gasteiger partial charge >= 0.3 is 5.97 Å². The van der Waals surface area contributed by atoms with Crippen LogP contribution >= 0.6 is 0 Å². The van der Waals surface area contributed by atoms with E-state index in [2.05, 4.69) is 0 Å². The van der Waals surface area contributed by atoms with Gasteiger partial charge in [-0.15, -0.1) is 0 Å². The third-order valence-electron chi connectivity index (χ3n) is 2.80. The number of hydrogen-bond donors (Lipinski definition) is 2. The van der Waals surface area contributed by atoms with Gasteiger partial charge < -0.3 is 15.6 Å². The Morgan fingerprint density at radius 2 is 2.12 bits per heavy atom. The first kappa shape index (κ1) is 12.5. The molecule has 0 aliphatic heterocycles. The molecule has 0 spiro atoms. The highest BCUT2D eigenvalue weighted by molar-refractivity contribution is 5.76. The number of ether oxygens (including phenoxy) is 1. The maximum atomic E-state index is 11.0. The number of benzene rings is 1. The van der Waals surface area contributed by atoms with Crippen LogP contribution in [-0.2, 0) is 4.79 Å². The van der Waals surface area contributed by atoms with Crippen LogP contribution in [0.5, 0.6) is 5.75 Å². The highest BCUT2D eigenvalue weighted by atomic mass is 16.5. The smallest absolute Gasteiger partial charge is 0.312 e. The highest BCUT2D eigenvalue weighted by Crippen LogP contribution is 2.27. The Kier molecular flexibility index (Phi) is 3.90. The molecule has 4 nitrogen and oxygen atoms in total. The monoisotopic (exact) mass is 223 g/mol. The normalized spacial score (nSPS) is 12.2. The largest absolute Gasteiger partial charge is 0.496 e. The summed E-state index contributed by atoms with van der Waals surface area (Å²) in [4.78, 5) is 11.0. The van der Waals surface area contributed by atoms with E-state index in [-0.39, 0.29) is 6.54 Å². The molecule has 0 aliphatic rings. The fourth-order valence-corrected chi connectivity index (χ4v) is 1.65. The second-order valence-electron chi connectivity index (χ2n) is 3.79. The van der Waals surface area contributed by atoms with Crippen molar-refractivity contribution in [3.63, 3.8) is 0 Å². The van der Waals surface area contributed by atoms with Crippen molar-refractivity contribution in [2.75, 3.05) is 13.7 Å². The summed E-state index contributed by atoms with van der Waals surface area (Å²) in [6.45, 7) is 3.95. The molecule has 4 heteroatoms. The summed E-state index contributed by atoms with van der Waals surface area (Å²) >= 11 is 0. The molecule has 1 atom stereocenters.